The summed E-state index contributed by atoms with van der Waals surface area (Å²) in [7, 11) is 0. The van der Waals surface area contributed by atoms with Gasteiger partial charge in [0.25, 0.3) is 11.1 Å². The number of esters is 4. The van der Waals surface area contributed by atoms with Gasteiger partial charge in [0.15, 0.2) is 0 Å². The van der Waals surface area contributed by atoms with Crippen molar-refractivity contribution in [1.82, 2.24) is 15.8 Å². The van der Waals surface area contributed by atoms with Gasteiger partial charge < -0.3 is 35.2 Å². The van der Waals surface area contributed by atoms with Crippen LogP contribution in [-0.4, -0.2) is 61.3 Å². The van der Waals surface area contributed by atoms with Crippen molar-refractivity contribution in [2.45, 2.75) is 104 Å². The third kappa shape index (κ3) is 18.8. The van der Waals surface area contributed by atoms with E-state index in [1.54, 1.807) is 97.9 Å². The lowest BCUT2D eigenvalue weighted by Crippen LogP contribution is -2.41. The minimum absolute atomic E-state index is 0.00525. The zero-order valence-corrected chi connectivity index (χ0v) is 40.4. The van der Waals surface area contributed by atoms with Crippen molar-refractivity contribution < 1.29 is 47.7 Å². The van der Waals surface area contributed by atoms with Gasteiger partial charge in [0.2, 0.25) is 0 Å². The van der Waals surface area contributed by atoms with Crippen molar-refractivity contribution in [1.29, 1.82) is 0 Å². The largest absolute Gasteiger partial charge is 0.581 e. The lowest BCUT2D eigenvalue weighted by atomic mass is 9.71. The molecule has 14 nitrogen and oxygen atoms in total. The van der Waals surface area contributed by atoms with Crippen LogP contribution in [0.25, 0.3) is 5.43 Å². The topological polar surface area (TPSA) is 190 Å². The van der Waals surface area contributed by atoms with E-state index in [0.717, 1.165) is 57.8 Å². The third-order valence-corrected chi connectivity index (χ3v) is 12.2. The Balaban J connectivity index is 0.000000239. The molecule has 0 aliphatic heterocycles. The Kier molecular flexibility index (Phi) is 24.2. The highest BCUT2D eigenvalue weighted by atomic mass is 35.5. The molecule has 2 aliphatic carbocycles. The fourth-order valence-electron chi connectivity index (χ4n) is 8.35. The molecule has 2 aliphatic rings. The number of ether oxygens (including phenoxy) is 4. The van der Waals surface area contributed by atoms with Crippen LogP contribution in [0.5, 0.6) is 0 Å². The molecule has 0 saturated heterocycles. The second kappa shape index (κ2) is 30.0. The van der Waals surface area contributed by atoms with Crippen LogP contribution in [0, 0.1) is 10.8 Å². The Morgan fingerprint density at radius 3 is 1.46 bits per heavy atom. The Morgan fingerprint density at radius 2 is 0.985 bits per heavy atom. The molecule has 2 saturated carbocycles. The van der Waals surface area contributed by atoms with Gasteiger partial charge in [0.1, 0.15) is 13.2 Å². The van der Waals surface area contributed by atoms with E-state index in [9.17, 15) is 28.8 Å². The summed E-state index contributed by atoms with van der Waals surface area (Å²) in [5.41, 5.74) is 9.27. The molecule has 3 N–H and O–H groups in total. The SMILES string of the molecule is CCOC(=O)CC1(CNC(=O)c2ccccc2COC(=O)c2ccccc2)CCCCC1.CCOC(=O)CC1(C[N-]NNCl)CCCCC1.O=C(OCc1ccccc1C(=O)Cl)c1ccccc1. The summed E-state index contributed by atoms with van der Waals surface area (Å²) in [5.74, 6) is -1.43. The van der Waals surface area contributed by atoms with Crippen molar-refractivity contribution >= 4 is 58.4 Å². The monoisotopic (exact) mass is 973 g/mol. The molecule has 4 aromatic carbocycles. The first kappa shape index (κ1) is 55.0. The number of benzene rings is 4. The van der Waals surface area contributed by atoms with Gasteiger partial charge in [-0.15, -0.1) is 6.54 Å². The number of rotatable bonds is 20. The molecule has 0 radical (unpaired) electrons. The lowest BCUT2D eigenvalue weighted by Gasteiger charge is -2.42. The lowest BCUT2D eigenvalue weighted by molar-refractivity contribution is -0.147. The fraction of sp³-hybridized carbons (Fsp3) is 0.423. The summed E-state index contributed by atoms with van der Waals surface area (Å²) < 4.78 is 20.8. The van der Waals surface area contributed by atoms with Crippen LogP contribution in [0.15, 0.2) is 109 Å². The molecule has 0 heterocycles. The first-order valence-corrected chi connectivity index (χ1v) is 23.9. The second-order valence-electron chi connectivity index (χ2n) is 16.8. The molecule has 0 spiro atoms. The van der Waals surface area contributed by atoms with Gasteiger partial charge >= 0.3 is 23.9 Å². The highest BCUT2D eigenvalue weighted by molar-refractivity contribution is 6.67. The number of carbonyl (C=O) groups excluding carboxylic acids is 6. The van der Waals surface area contributed by atoms with Gasteiger partial charge in [-0.3, -0.25) is 19.2 Å². The highest BCUT2D eigenvalue weighted by Gasteiger charge is 2.36. The highest BCUT2D eigenvalue weighted by Crippen LogP contribution is 2.41. The van der Waals surface area contributed by atoms with Crippen LogP contribution < -0.4 is 15.8 Å². The molecule has 2 fully saturated rings. The van der Waals surface area contributed by atoms with Crippen molar-refractivity contribution in [3.05, 3.63) is 148 Å². The van der Waals surface area contributed by atoms with Crippen LogP contribution in [-0.2, 0) is 41.8 Å². The number of nitrogens with zero attached hydrogens (tertiary/aromatic N) is 1. The minimum atomic E-state index is -0.564. The van der Waals surface area contributed by atoms with Crippen molar-refractivity contribution in [3.8, 4) is 0 Å². The van der Waals surface area contributed by atoms with Gasteiger partial charge in [-0.25, -0.2) is 9.59 Å². The maximum Gasteiger partial charge on any atom is 0.338 e. The summed E-state index contributed by atoms with van der Waals surface area (Å²) in [6, 6.07) is 31.3. The van der Waals surface area contributed by atoms with Crippen LogP contribution in [0.2, 0.25) is 0 Å². The van der Waals surface area contributed by atoms with Crippen LogP contribution in [0.4, 0.5) is 0 Å². The Bertz CT molecular complexity index is 2200. The Labute approximate surface area is 409 Å². The predicted molar refractivity (Wildman–Crippen MR) is 260 cm³/mol. The molecule has 0 aromatic heterocycles. The number of hydrazine groups is 1. The van der Waals surface area contributed by atoms with Crippen LogP contribution in [0.1, 0.15) is 143 Å². The molecule has 68 heavy (non-hydrogen) atoms. The molecule has 366 valence electrons. The van der Waals surface area contributed by atoms with Crippen molar-refractivity contribution in [2.75, 3.05) is 26.3 Å². The van der Waals surface area contributed by atoms with Crippen LogP contribution in [0.3, 0.4) is 0 Å². The van der Waals surface area contributed by atoms with E-state index in [2.05, 4.69) is 21.2 Å². The molecule has 0 bridgehead atoms. The minimum Gasteiger partial charge on any atom is -0.581 e. The number of nitrogens with one attached hydrogen (secondary N) is 3. The number of amides is 1. The summed E-state index contributed by atoms with van der Waals surface area (Å²) in [5, 5.41) is 2.47. The van der Waals surface area contributed by atoms with E-state index in [4.69, 9.17) is 42.3 Å². The maximum absolute atomic E-state index is 13.0. The van der Waals surface area contributed by atoms with Crippen molar-refractivity contribution in [2.24, 2.45) is 10.8 Å². The second-order valence-corrected chi connectivity index (χ2v) is 17.3. The summed E-state index contributed by atoms with van der Waals surface area (Å²) in [4.78, 5) is 74.3. The Morgan fingerprint density at radius 1 is 0.559 bits per heavy atom. The molecule has 16 heteroatoms. The number of hydrogen-bond acceptors (Lipinski definition) is 12. The number of carbonyl (C=O) groups is 6. The Hall–Kier alpha value is -5.64. The zero-order chi connectivity index (χ0) is 49.0. The molecule has 0 atom stereocenters. The van der Waals surface area contributed by atoms with Gasteiger partial charge in [-0.05, 0) is 110 Å². The van der Waals surface area contributed by atoms with Gasteiger partial charge in [-0.1, -0.05) is 111 Å². The van der Waals surface area contributed by atoms with E-state index < -0.39 is 17.2 Å². The quantitative estimate of drug-likeness (QED) is 0.0190. The normalized spacial score (nSPS) is 14.5. The van der Waals surface area contributed by atoms with Crippen molar-refractivity contribution in [3.63, 3.8) is 0 Å². The average Bonchev–Trinajstić information content (AvgIpc) is 3.36. The molecule has 0 unspecified atom stereocenters. The van der Waals surface area contributed by atoms with E-state index in [1.807, 2.05) is 25.1 Å². The van der Waals surface area contributed by atoms with E-state index >= 15 is 0 Å². The zero-order valence-electron chi connectivity index (χ0n) is 38.9. The third-order valence-electron chi connectivity index (χ3n) is 11.9. The van der Waals surface area contributed by atoms with E-state index in [-0.39, 0.29) is 41.9 Å². The molecule has 1 amide bonds. The first-order chi connectivity index (χ1) is 32.9. The van der Waals surface area contributed by atoms with Crippen LogP contribution >= 0.6 is 23.4 Å². The average molecular weight is 975 g/mol. The number of hydrogen-bond donors (Lipinski definition) is 3. The van der Waals surface area contributed by atoms with Gasteiger partial charge in [-0.2, -0.15) is 4.94 Å². The maximum atomic E-state index is 13.0. The molecule has 6 rings (SSSR count). The molecular formula is C52H63Cl2N4O10-. The number of halogens is 2. The van der Waals surface area contributed by atoms with Gasteiger partial charge in [0.05, 0.1) is 30.8 Å². The van der Waals surface area contributed by atoms with Gasteiger partial charge in [0, 0.05) is 35.2 Å². The smallest absolute Gasteiger partial charge is 0.338 e. The van der Waals surface area contributed by atoms with E-state index in [1.165, 1.54) is 6.42 Å². The first-order valence-electron chi connectivity index (χ1n) is 23.1. The standard InChI is InChI=1S/C26H31NO5.C15H11ClO3.C11H21ClN3O2/c1-2-31-23(28)17-26(15-9-4-10-16-26)19-27-24(29)22-14-8-7-13-21(22)18-32-25(30)20-11-5-3-6-12-20;16-14(17)13-9-5-4-8-12(13)10-19-15(18)11-6-2-1-3-7-11;1-2-17-10(16)8-11(9-13-15-14-12)6-4-3-5-7-11/h3,5-8,11-14H,2,4,9-10,15-19H2,1H3,(H,27,29);1-9H,10H2;14-15H,2-9H2,1H3/q;;-1. The molecule has 4 aromatic rings. The summed E-state index contributed by atoms with van der Waals surface area (Å²) in [6.45, 7) is 5.45. The van der Waals surface area contributed by atoms with E-state index in [0.29, 0.717) is 72.5 Å². The summed E-state index contributed by atoms with van der Waals surface area (Å²) in [6.07, 6.45) is 11.4. The summed E-state index contributed by atoms with van der Waals surface area (Å²) >= 11 is 10.7. The fourth-order valence-corrected chi connectivity index (χ4v) is 8.60. The molecular weight excluding hydrogens is 911 g/mol. The predicted octanol–water partition coefficient (Wildman–Crippen LogP) is 10.5.